The summed E-state index contributed by atoms with van der Waals surface area (Å²) in [5, 5.41) is 18.9. The zero-order valence-corrected chi connectivity index (χ0v) is 50.3. The lowest BCUT2D eigenvalue weighted by molar-refractivity contribution is -0.156. The monoisotopic (exact) mass is 1240 g/mol. The van der Waals surface area contributed by atoms with E-state index in [2.05, 4.69) is 61.5 Å². The Kier molecular flexibility index (Phi) is 35.8. The van der Waals surface area contributed by atoms with Crippen molar-refractivity contribution in [2.75, 3.05) is 36.9 Å². The van der Waals surface area contributed by atoms with Crippen LogP contribution in [0.15, 0.2) is 97.1 Å². The van der Waals surface area contributed by atoms with E-state index in [1.54, 1.807) is 104 Å². The molecular weight excluding hydrogens is 1150 g/mol. The minimum absolute atomic E-state index is 0. The molecule has 0 heterocycles. The van der Waals surface area contributed by atoms with Crippen LogP contribution in [0.5, 0.6) is 0 Å². The van der Waals surface area contributed by atoms with Crippen molar-refractivity contribution in [2.24, 2.45) is 17.6 Å². The summed E-state index contributed by atoms with van der Waals surface area (Å²) in [5.74, 6) is -2.64. The molecule has 4 atom stereocenters. The van der Waals surface area contributed by atoms with Gasteiger partial charge in [-0.2, -0.15) is 13.2 Å². The van der Waals surface area contributed by atoms with Crippen molar-refractivity contribution in [3.63, 3.8) is 0 Å². The SMILES string of the molecule is C.C.C.CC(=O)NCCN[C@@H](C)C(=O)NC(C(=O)Nc1ccc(C(=O)OC(C)(C)C)cc1)C(C)C.CC(C)C(NC(=O)[C@H](C)N)C(=O)Nc1ccc(C(=O)OC(C)(C)C)cc1.O=CC(F)(F)F.O=CCNC(=O)OCC1c2ccccc2-c2ccccc21. The van der Waals surface area contributed by atoms with Gasteiger partial charge in [-0.05, 0) is 138 Å². The van der Waals surface area contributed by atoms with Crippen molar-refractivity contribution in [3.05, 3.63) is 119 Å². The Morgan fingerprint density at radius 1 is 0.568 bits per heavy atom. The second-order valence-corrected chi connectivity index (χ2v) is 22.1. The topological polar surface area (TPSA) is 309 Å². The molecule has 6 amide bonds. The molecule has 5 rings (SSSR count). The zero-order valence-electron chi connectivity index (χ0n) is 50.3. The molecule has 0 aromatic heterocycles. The predicted octanol–water partition coefficient (Wildman–Crippen LogP) is 9.28. The lowest BCUT2D eigenvalue weighted by Crippen LogP contribution is -2.53. The number of anilines is 2. The number of fused-ring (bicyclic) bond motifs is 3. The summed E-state index contributed by atoms with van der Waals surface area (Å²) in [7, 11) is 0. The van der Waals surface area contributed by atoms with Gasteiger partial charge in [0.15, 0.2) is 0 Å². The number of aldehydes is 2. The Balaban J connectivity index is 0. The number of nitrogens with two attached hydrogens (primary N) is 1. The zero-order chi connectivity index (χ0) is 64.4. The van der Waals surface area contributed by atoms with Crippen molar-refractivity contribution in [1.29, 1.82) is 0 Å². The van der Waals surface area contributed by atoms with Gasteiger partial charge in [-0.3, -0.25) is 28.8 Å². The van der Waals surface area contributed by atoms with Gasteiger partial charge in [0.05, 0.1) is 29.8 Å². The third-order valence-electron chi connectivity index (χ3n) is 11.6. The summed E-state index contributed by atoms with van der Waals surface area (Å²) < 4.78 is 47.1. The summed E-state index contributed by atoms with van der Waals surface area (Å²) in [4.78, 5) is 115. The number of alkyl halides is 3. The molecule has 2 unspecified atom stereocenters. The highest BCUT2D eigenvalue weighted by atomic mass is 19.4. The Bertz CT molecular complexity index is 2840. The van der Waals surface area contributed by atoms with Crippen molar-refractivity contribution in [2.45, 2.75) is 160 Å². The minimum atomic E-state index is -4.64. The molecule has 9 N–H and O–H groups in total. The number of carbonyl (C=O) groups excluding carboxylic acids is 10. The second kappa shape index (κ2) is 38.6. The molecule has 21 nitrogen and oxygen atoms in total. The van der Waals surface area contributed by atoms with Crippen molar-refractivity contribution in [1.82, 2.24) is 26.6 Å². The fourth-order valence-electron chi connectivity index (χ4n) is 7.52. The molecule has 1 aliphatic rings. The smallest absolute Gasteiger partial charge is 0.446 e. The molecule has 24 heteroatoms. The Hall–Kier alpha value is -8.51. The van der Waals surface area contributed by atoms with Gasteiger partial charge in [0.2, 0.25) is 35.8 Å². The Morgan fingerprint density at radius 3 is 1.30 bits per heavy atom. The van der Waals surface area contributed by atoms with Gasteiger partial charge in [0.1, 0.15) is 36.2 Å². The standard InChI is InChI=1S/C23H36N4O5.C19H29N3O4.C17H15NO3.C2HF3O.3CH4/c1-14(2)19(27-20(29)15(3)24-12-13-25-16(4)28)21(30)26-18-10-8-17(9-11-18)22(31)32-23(5,6)7;1-11(2)15(22-16(23)12(3)20)17(24)21-14-9-7-13(8-10-14)18(25)26-19(4,5)6;19-10-9-18-17(20)21-11-16-14-7-3-1-5-12(14)13-6-2-4-8-15(13)16;3-2(4,5)1-6;;;/h8-11,14-15,19,24H,12-13H2,1-7H3,(H,25,28)(H,26,30)(H,27,29);7-12,15H,20H2,1-6H3,(H,21,24)(H,22,23);1-8,10,16H,9,11H2,(H,18,20);1H;3*1H4/t15-,19?;12-,15?;;;;;/m00...../s1. The number of rotatable bonds is 20. The first kappa shape index (κ1) is 81.6. The van der Waals surface area contributed by atoms with Crippen LogP contribution in [0.25, 0.3) is 11.1 Å². The summed E-state index contributed by atoms with van der Waals surface area (Å²) in [5.41, 5.74) is 10.9. The summed E-state index contributed by atoms with van der Waals surface area (Å²) >= 11 is 0. The second-order valence-electron chi connectivity index (χ2n) is 22.1. The summed E-state index contributed by atoms with van der Waals surface area (Å²) in [6.07, 6.45) is -5.64. The number of nitrogens with one attached hydrogen (secondary N) is 7. The van der Waals surface area contributed by atoms with E-state index in [0.717, 1.165) is 0 Å². The lowest BCUT2D eigenvalue weighted by atomic mass is 9.98. The molecule has 0 aliphatic heterocycles. The Labute approximate surface area is 516 Å². The molecule has 0 radical (unpaired) electrons. The number of carbonyl (C=O) groups is 10. The van der Waals surface area contributed by atoms with Crippen LogP contribution in [0, 0.1) is 11.8 Å². The minimum Gasteiger partial charge on any atom is -0.456 e. The first-order chi connectivity index (χ1) is 39.6. The maximum absolute atomic E-state index is 12.8. The van der Waals surface area contributed by atoms with E-state index in [1.807, 2.05) is 52.0 Å². The third kappa shape index (κ3) is 30.2. The highest BCUT2D eigenvalue weighted by Crippen LogP contribution is 2.44. The first-order valence-corrected chi connectivity index (χ1v) is 27.3. The van der Waals surface area contributed by atoms with Gasteiger partial charge < -0.3 is 62.0 Å². The number of esters is 2. The van der Waals surface area contributed by atoms with Crippen LogP contribution in [0.4, 0.5) is 29.3 Å². The third-order valence-corrected chi connectivity index (χ3v) is 11.6. The number of benzene rings is 4. The van der Waals surface area contributed by atoms with Gasteiger partial charge >= 0.3 is 24.2 Å². The van der Waals surface area contributed by atoms with E-state index in [9.17, 15) is 56.3 Å². The molecule has 0 bridgehead atoms. The van der Waals surface area contributed by atoms with E-state index >= 15 is 0 Å². The molecule has 4 aromatic carbocycles. The van der Waals surface area contributed by atoms with Crippen LogP contribution in [-0.2, 0) is 47.8 Å². The molecule has 88 heavy (non-hydrogen) atoms. The highest BCUT2D eigenvalue weighted by Gasteiger charge is 2.31. The lowest BCUT2D eigenvalue weighted by Gasteiger charge is -2.24. The molecule has 0 spiro atoms. The van der Waals surface area contributed by atoms with Crippen molar-refractivity contribution >= 4 is 71.5 Å². The van der Waals surface area contributed by atoms with Gasteiger partial charge in [-0.1, -0.05) is 98.5 Å². The fraction of sp³-hybridized carbons (Fsp3) is 0.469. The maximum atomic E-state index is 12.8. The maximum Gasteiger partial charge on any atom is 0.446 e. The van der Waals surface area contributed by atoms with Crippen molar-refractivity contribution < 1.29 is 75.3 Å². The van der Waals surface area contributed by atoms with E-state index in [1.165, 1.54) is 29.2 Å². The van der Waals surface area contributed by atoms with E-state index in [-0.39, 0.29) is 82.7 Å². The fourth-order valence-corrected chi connectivity index (χ4v) is 7.52. The van der Waals surface area contributed by atoms with Crippen LogP contribution in [-0.4, -0.2) is 128 Å². The number of ether oxygens (including phenoxy) is 3. The largest absolute Gasteiger partial charge is 0.456 e. The average Bonchev–Trinajstić information content (AvgIpc) is 1.99. The summed E-state index contributed by atoms with van der Waals surface area (Å²) in [6, 6.07) is 26.4. The first-order valence-electron chi connectivity index (χ1n) is 27.3. The molecule has 4 aromatic rings. The van der Waals surface area contributed by atoms with Gasteiger partial charge in [0, 0.05) is 37.3 Å². The van der Waals surface area contributed by atoms with E-state index < -0.39 is 65.9 Å². The molecule has 0 saturated heterocycles. The quantitative estimate of drug-likeness (QED) is 0.0177. The van der Waals surface area contributed by atoms with E-state index in [4.69, 9.17) is 24.7 Å². The van der Waals surface area contributed by atoms with Gasteiger partial charge in [-0.15, -0.1) is 0 Å². The molecule has 0 saturated carbocycles. The van der Waals surface area contributed by atoms with Gasteiger partial charge in [-0.25, -0.2) is 14.4 Å². The highest BCUT2D eigenvalue weighted by molar-refractivity contribution is 6.00. The van der Waals surface area contributed by atoms with Crippen LogP contribution >= 0.6 is 0 Å². The average molecular weight is 1240 g/mol. The molecule has 0 fully saturated rings. The Morgan fingerprint density at radius 2 is 0.955 bits per heavy atom. The van der Waals surface area contributed by atoms with Crippen LogP contribution < -0.4 is 43.0 Å². The normalized spacial score (nSPS) is 12.5. The summed E-state index contributed by atoms with van der Waals surface area (Å²) in [6.45, 7) is 23.8. The predicted molar refractivity (Wildman–Crippen MR) is 335 cm³/mol. The number of halogens is 3. The molecular formula is C64H93F3N8O13. The molecule has 1 aliphatic carbocycles. The van der Waals surface area contributed by atoms with E-state index in [0.29, 0.717) is 41.9 Å². The van der Waals surface area contributed by atoms with Crippen LogP contribution in [0.3, 0.4) is 0 Å². The number of amides is 6. The number of alkyl carbamates (subject to hydrolysis) is 1. The van der Waals surface area contributed by atoms with Crippen LogP contribution in [0.2, 0.25) is 0 Å². The van der Waals surface area contributed by atoms with Gasteiger partial charge in [0.25, 0.3) is 0 Å². The molecule has 488 valence electrons. The number of hydrogen-bond acceptors (Lipinski definition) is 15. The van der Waals surface area contributed by atoms with Crippen molar-refractivity contribution in [3.8, 4) is 11.1 Å². The van der Waals surface area contributed by atoms with Crippen LogP contribution in [0.1, 0.15) is 150 Å². The number of hydrogen-bond donors (Lipinski definition) is 8.